The first-order valence-electron chi connectivity index (χ1n) is 13.1. The topological polar surface area (TPSA) is 79.6 Å². The van der Waals surface area contributed by atoms with Crippen molar-refractivity contribution in [1.29, 1.82) is 5.26 Å². The van der Waals surface area contributed by atoms with Crippen molar-refractivity contribution >= 4 is 39.0 Å². The summed E-state index contributed by atoms with van der Waals surface area (Å²) in [6, 6.07) is 27.2. The molecule has 0 radical (unpaired) electrons. The number of benzene rings is 4. The number of nitriles is 1. The van der Waals surface area contributed by atoms with E-state index in [1.165, 1.54) is 4.90 Å². The summed E-state index contributed by atoms with van der Waals surface area (Å²) in [4.78, 5) is 29.3. The Morgan fingerprint density at radius 1 is 0.921 bits per heavy atom. The van der Waals surface area contributed by atoms with Gasteiger partial charge in [-0.25, -0.2) is 4.90 Å². The Morgan fingerprint density at radius 3 is 2.47 bits per heavy atom. The van der Waals surface area contributed by atoms with E-state index >= 15 is 0 Å². The SMILES string of the molecule is C[C@]12CC[C@](CCOc3ccc4ccccc4c3)(O1)[C@@H]1C(=O)N(c3ccc(C#N)c4ccccc34)C(=O)[C@@H]12. The normalized spacial score (nSPS) is 27.7. The lowest BCUT2D eigenvalue weighted by atomic mass is 9.67. The van der Waals surface area contributed by atoms with Crippen molar-refractivity contribution in [3.8, 4) is 11.8 Å². The quantitative estimate of drug-likeness (QED) is 0.324. The highest BCUT2D eigenvalue weighted by Crippen LogP contribution is 2.62. The van der Waals surface area contributed by atoms with E-state index in [4.69, 9.17) is 9.47 Å². The number of hydrogen-bond donors (Lipinski definition) is 0. The lowest BCUT2D eigenvalue weighted by molar-refractivity contribution is -0.131. The van der Waals surface area contributed by atoms with Gasteiger partial charge in [-0.15, -0.1) is 0 Å². The average Bonchev–Trinajstić information content (AvgIpc) is 3.52. The molecule has 4 aromatic rings. The molecule has 2 amide bonds. The summed E-state index contributed by atoms with van der Waals surface area (Å²) >= 11 is 0. The van der Waals surface area contributed by atoms with Gasteiger partial charge in [0.15, 0.2) is 0 Å². The number of amides is 2. The van der Waals surface area contributed by atoms with Crippen LogP contribution in [0.2, 0.25) is 0 Å². The fourth-order valence-electron chi connectivity index (χ4n) is 7.02. The predicted octanol–water partition coefficient (Wildman–Crippen LogP) is 5.76. The van der Waals surface area contributed by atoms with Crippen molar-refractivity contribution in [3.63, 3.8) is 0 Å². The molecule has 3 heterocycles. The number of nitrogens with zero attached hydrogens (tertiary/aromatic N) is 2. The number of fused-ring (bicyclic) bond motifs is 7. The number of hydrogen-bond acceptors (Lipinski definition) is 5. The molecule has 188 valence electrons. The van der Waals surface area contributed by atoms with Crippen LogP contribution >= 0.6 is 0 Å². The molecular formula is C32H26N2O4. The van der Waals surface area contributed by atoms with Crippen molar-refractivity contribution in [2.75, 3.05) is 11.5 Å². The van der Waals surface area contributed by atoms with Gasteiger partial charge in [-0.2, -0.15) is 5.26 Å². The largest absolute Gasteiger partial charge is 0.493 e. The van der Waals surface area contributed by atoms with Gasteiger partial charge in [0.1, 0.15) is 5.75 Å². The second-order valence-corrected chi connectivity index (χ2v) is 10.8. The van der Waals surface area contributed by atoms with Crippen molar-refractivity contribution in [1.82, 2.24) is 0 Å². The molecule has 3 fully saturated rings. The van der Waals surface area contributed by atoms with Gasteiger partial charge in [-0.05, 0) is 54.8 Å². The highest BCUT2D eigenvalue weighted by atomic mass is 16.5. The van der Waals surface area contributed by atoms with Crippen LogP contribution in [0.5, 0.6) is 5.75 Å². The summed E-state index contributed by atoms with van der Waals surface area (Å²) in [5.41, 5.74) is -0.367. The fraction of sp³-hybridized carbons (Fsp3) is 0.281. The molecule has 0 aromatic heterocycles. The monoisotopic (exact) mass is 502 g/mol. The lowest BCUT2D eigenvalue weighted by Crippen LogP contribution is -2.43. The van der Waals surface area contributed by atoms with Crippen LogP contribution in [0.15, 0.2) is 78.9 Å². The van der Waals surface area contributed by atoms with E-state index in [1.54, 1.807) is 12.1 Å². The molecular weight excluding hydrogens is 476 g/mol. The highest BCUT2D eigenvalue weighted by molar-refractivity contribution is 6.26. The van der Waals surface area contributed by atoms with Crippen LogP contribution in [-0.4, -0.2) is 29.6 Å². The Hall–Kier alpha value is -4.21. The Kier molecular flexibility index (Phi) is 4.92. The molecule has 0 aliphatic carbocycles. The van der Waals surface area contributed by atoms with Gasteiger partial charge in [0, 0.05) is 17.2 Å². The van der Waals surface area contributed by atoms with E-state index in [0.717, 1.165) is 33.7 Å². The summed E-state index contributed by atoms with van der Waals surface area (Å²) in [7, 11) is 0. The van der Waals surface area contributed by atoms with E-state index in [9.17, 15) is 14.9 Å². The number of anilines is 1. The van der Waals surface area contributed by atoms with Crippen LogP contribution in [0.4, 0.5) is 5.69 Å². The Bertz CT molecular complexity index is 1690. The summed E-state index contributed by atoms with van der Waals surface area (Å²) in [6.07, 6.45) is 1.97. The second-order valence-electron chi connectivity index (χ2n) is 10.8. The highest BCUT2D eigenvalue weighted by Gasteiger charge is 2.73. The predicted molar refractivity (Wildman–Crippen MR) is 144 cm³/mol. The van der Waals surface area contributed by atoms with Crippen molar-refractivity contribution in [2.24, 2.45) is 11.8 Å². The smallest absolute Gasteiger partial charge is 0.240 e. The van der Waals surface area contributed by atoms with Gasteiger partial charge >= 0.3 is 0 Å². The second kappa shape index (κ2) is 8.14. The molecule has 0 unspecified atom stereocenters. The molecule has 3 aliphatic heterocycles. The first-order chi connectivity index (χ1) is 18.4. The minimum atomic E-state index is -0.736. The van der Waals surface area contributed by atoms with Gasteiger partial charge in [0.2, 0.25) is 11.8 Å². The lowest BCUT2D eigenvalue weighted by Gasteiger charge is -2.31. The van der Waals surface area contributed by atoms with Gasteiger partial charge in [0.25, 0.3) is 0 Å². The summed E-state index contributed by atoms with van der Waals surface area (Å²) in [5.74, 6) is -0.740. The third-order valence-electron chi connectivity index (χ3n) is 8.79. The number of ether oxygens (including phenoxy) is 2. The van der Waals surface area contributed by atoms with E-state index < -0.39 is 23.0 Å². The number of rotatable bonds is 5. The maximum absolute atomic E-state index is 14.0. The van der Waals surface area contributed by atoms with E-state index in [2.05, 4.69) is 18.2 Å². The fourth-order valence-corrected chi connectivity index (χ4v) is 7.02. The Balaban J connectivity index is 1.19. The third kappa shape index (κ3) is 3.15. The van der Waals surface area contributed by atoms with Crippen LogP contribution in [0.25, 0.3) is 21.5 Å². The summed E-state index contributed by atoms with van der Waals surface area (Å²) in [5, 5.41) is 13.3. The van der Waals surface area contributed by atoms with E-state index in [1.807, 2.05) is 61.5 Å². The van der Waals surface area contributed by atoms with Crippen LogP contribution in [0, 0.1) is 23.2 Å². The van der Waals surface area contributed by atoms with E-state index in [-0.39, 0.29) is 11.8 Å². The van der Waals surface area contributed by atoms with Crippen LogP contribution in [0.3, 0.4) is 0 Å². The van der Waals surface area contributed by atoms with Crippen LogP contribution < -0.4 is 9.64 Å². The molecule has 6 heteroatoms. The van der Waals surface area contributed by atoms with E-state index in [0.29, 0.717) is 30.7 Å². The summed E-state index contributed by atoms with van der Waals surface area (Å²) < 4.78 is 12.7. The Labute approximate surface area is 220 Å². The van der Waals surface area contributed by atoms with Gasteiger partial charge in [0.05, 0.1) is 47.0 Å². The van der Waals surface area contributed by atoms with Crippen LogP contribution in [0.1, 0.15) is 31.7 Å². The molecule has 38 heavy (non-hydrogen) atoms. The maximum atomic E-state index is 14.0. The number of imide groups is 1. The first kappa shape index (κ1) is 22.9. The number of carbonyl (C=O) groups is 2. The molecule has 6 nitrogen and oxygen atoms in total. The molecule has 2 bridgehead atoms. The van der Waals surface area contributed by atoms with Crippen molar-refractivity contribution in [2.45, 2.75) is 37.4 Å². The molecule has 0 spiro atoms. The number of carbonyl (C=O) groups excluding carboxylic acids is 2. The molecule has 4 aromatic carbocycles. The Morgan fingerprint density at radius 2 is 1.66 bits per heavy atom. The molecule has 4 atom stereocenters. The maximum Gasteiger partial charge on any atom is 0.240 e. The molecule has 0 N–H and O–H groups in total. The summed E-state index contributed by atoms with van der Waals surface area (Å²) in [6.45, 7) is 2.36. The van der Waals surface area contributed by atoms with Crippen LogP contribution in [-0.2, 0) is 14.3 Å². The third-order valence-corrected chi connectivity index (χ3v) is 8.79. The van der Waals surface area contributed by atoms with Crippen molar-refractivity contribution in [3.05, 3.63) is 84.4 Å². The zero-order valence-electron chi connectivity index (χ0n) is 21.0. The van der Waals surface area contributed by atoms with Gasteiger partial charge in [-0.3, -0.25) is 9.59 Å². The zero-order valence-corrected chi connectivity index (χ0v) is 21.0. The minimum absolute atomic E-state index is 0.214. The van der Waals surface area contributed by atoms with Crippen molar-refractivity contribution < 1.29 is 19.1 Å². The van der Waals surface area contributed by atoms with Gasteiger partial charge < -0.3 is 9.47 Å². The average molecular weight is 503 g/mol. The molecule has 7 rings (SSSR count). The molecule has 3 aliphatic rings. The zero-order chi connectivity index (χ0) is 26.1. The van der Waals surface area contributed by atoms with Gasteiger partial charge in [-0.1, -0.05) is 54.6 Å². The minimum Gasteiger partial charge on any atom is -0.493 e. The first-order valence-corrected chi connectivity index (χ1v) is 13.1. The molecule has 0 saturated carbocycles. The standard InChI is InChI=1S/C32H26N2O4/c1-31-14-15-32(38-31,16-17-37-23-12-10-20-6-2-3-7-21(20)18-23)28-27(31)29(35)34(30(28)36)26-13-11-22(19-33)24-8-4-5-9-25(24)26/h2-13,18,27-28H,14-17H2,1H3/t27-,28+,31-,32-/m1/s1. The molecule has 3 saturated heterocycles.